The lowest BCUT2D eigenvalue weighted by Crippen LogP contribution is -2.17. The molecule has 9 heteroatoms. The largest absolute Gasteiger partial charge is 0.322 e. The summed E-state index contributed by atoms with van der Waals surface area (Å²) >= 11 is 0. The highest BCUT2D eigenvalue weighted by Gasteiger charge is 2.16. The van der Waals surface area contributed by atoms with E-state index in [0.29, 0.717) is 22.5 Å². The number of carbonyl (C=O) groups is 1. The molecule has 0 saturated heterocycles. The van der Waals surface area contributed by atoms with Crippen LogP contribution in [0.4, 0.5) is 10.1 Å². The summed E-state index contributed by atoms with van der Waals surface area (Å²) < 4.78 is 13.4. The van der Waals surface area contributed by atoms with Gasteiger partial charge in [-0.05, 0) is 35.5 Å². The van der Waals surface area contributed by atoms with Crippen molar-refractivity contribution in [3.05, 3.63) is 70.3 Å². The Kier molecular flexibility index (Phi) is 3.73. The summed E-state index contributed by atoms with van der Waals surface area (Å²) in [5.74, 6) is -0.699. The Morgan fingerprint density at radius 1 is 1.12 bits per heavy atom. The second kappa shape index (κ2) is 6.20. The molecule has 4 rings (SSSR count). The molecular formula is C17H11FN6O2. The van der Waals surface area contributed by atoms with E-state index in [2.05, 4.69) is 30.9 Å². The molecule has 26 heavy (non-hydrogen) atoms. The number of aromatic amines is 2. The van der Waals surface area contributed by atoms with Crippen molar-refractivity contribution in [3.63, 3.8) is 0 Å². The molecule has 1 amide bonds. The van der Waals surface area contributed by atoms with Gasteiger partial charge in [-0.1, -0.05) is 12.1 Å². The van der Waals surface area contributed by atoms with E-state index in [1.807, 2.05) is 0 Å². The number of halogens is 1. The molecule has 128 valence electrons. The topological polar surface area (TPSA) is 116 Å². The molecule has 3 N–H and O–H groups in total. The number of pyridine rings is 1. The number of hydrogen-bond donors (Lipinski definition) is 3. The normalized spacial score (nSPS) is 10.8. The van der Waals surface area contributed by atoms with Crippen LogP contribution < -0.4 is 10.9 Å². The maximum Gasteiger partial charge on any atom is 0.256 e. The third-order valence-electron chi connectivity index (χ3n) is 3.81. The number of hydrogen-bond acceptors (Lipinski definition) is 5. The van der Waals surface area contributed by atoms with Crippen LogP contribution in [-0.2, 0) is 0 Å². The number of benzene rings is 2. The summed E-state index contributed by atoms with van der Waals surface area (Å²) in [6.07, 6.45) is 0. The van der Waals surface area contributed by atoms with Crippen molar-refractivity contribution in [2.45, 2.75) is 0 Å². The fourth-order valence-corrected chi connectivity index (χ4v) is 2.67. The van der Waals surface area contributed by atoms with E-state index in [1.54, 1.807) is 24.3 Å². The van der Waals surface area contributed by atoms with Crippen LogP contribution in [0.2, 0.25) is 0 Å². The van der Waals surface area contributed by atoms with E-state index in [-0.39, 0.29) is 11.1 Å². The molecule has 4 aromatic rings. The maximum absolute atomic E-state index is 13.4. The molecular weight excluding hydrogens is 339 g/mol. The van der Waals surface area contributed by atoms with Crippen molar-refractivity contribution in [2.24, 2.45) is 0 Å². The van der Waals surface area contributed by atoms with Crippen LogP contribution in [0.1, 0.15) is 10.4 Å². The third kappa shape index (κ3) is 2.81. The summed E-state index contributed by atoms with van der Waals surface area (Å²) in [4.78, 5) is 27.1. The molecule has 0 unspecified atom stereocenters. The number of fused-ring (bicyclic) bond motifs is 1. The highest BCUT2D eigenvalue weighted by molar-refractivity contribution is 6.13. The van der Waals surface area contributed by atoms with Gasteiger partial charge in [0, 0.05) is 17.0 Å². The number of nitrogens with one attached hydrogen (secondary N) is 3. The first-order valence-corrected chi connectivity index (χ1v) is 7.58. The molecule has 0 bridgehead atoms. The van der Waals surface area contributed by atoms with E-state index in [1.165, 1.54) is 24.3 Å². The van der Waals surface area contributed by atoms with Gasteiger partial charge < -0.3 is 10.3 Å². The predicted molar refractivity (Wildman–Crippen MR) is 92.1 cm³/mol. The molecule has 0 saturated carbocycles. The Morgan fingerprint density at radius 2 is 1.96 bits per heavy atom. The lowest BCUT2D eigenvalue weighted by Gasteiger charge is -2.10. The number of carbonyl (C=O) groups excluding carboxylic acids is 1. The van der Waals surface area contributed by atoms with Crippen LogP contribution in [0.25, 0.3) is 22.3 Å². The summed E-state index contributed by atoms with van der Waals surface area (Å²) in [6.45, 7) is 0. The van der Waals surface area contributed by atoms with Crippen LogP contribution in [-0.4, -0.2) is 31.5 Å². The first-order chi connectivity index (χ1) is 12.6. The van der Waals surface area contributed by atoms with Gasteiger partial charge in [0.05, 0.1) is 16.8 Å². The molecule has 2 heterocycles. The number of para-hydroxylation sites is 1. The minimum atomic E-state index is -0.511. The minimum absolute atomic E-state index is 0.131. The zero-order chi connectivity index (χ0) is 18.1. The molecule has 8 nitrogen and oxygen atoms in total. The first kappa shape index (κ1) is 15.6. The quantitative estimate of drug-likeness (QED) is 0.523. The molecule has 0 atom stereocenters. The number of H-pyrrole nitrogens is 2. The summed E-state index contributed by atoms with van der Waals surface area (Å²) in [5, 5.41) is 16.8. The Labute approximate surface area is 145 Å². The van der Waals surface area contributed by atoms with Crippen molar-refractivity contribution in [1.82, 2.24) is 25.6 Å². The first-order valence-electron chi connectivity index (χ1n) is 7.58. The zero-order valence-corrected chi connectivity index (χ0v) is 13.2. The van der Waals surface area contributed by atoms with Gasteiger partial charge in [-0.25, -0.2) is 4.39 Å². The molecule has 2 aromatic carbocycles. The van der Waals surface area contributed by atoms with Gasteiger partial charge >= 0.3 is 0 Å². The van der Waals surface area contributed by atoms with Gasteiger partial charge in [-0.2, -0.15) is 5.21 Å². The summed E-state index contributed by atoms with van der Waals surface area (Å²) in [5.41, 5.74) is 0.893. The SMILES string of the molecule is O=C(Nc1ccccc1-c1nn[nH]n1)c1cc(=O)[nH]c2cc(F)ccc12. The molecule has 0 aliphatic carbocycles. The molecule has 0 spiro atoms. The minimum Gasteiger partial charge on any atom is -0.322 e. The van der Waals surface area contributed by atoms with Gasteiger partial charge in [0.2, 0.25) is 11.4 Å². The van der Waals surface area contributed by atoms with Crippen molar-refractivity contribution in [2.75, 3.05) is 5.32 Å². The van der Waals surface area contributed by atoms with Crippen LogP contribution in [0.15, 0.2) is 53.3 Å². The predicted octanol–water partition coefficient (Wildman–Crippen LogP) is 2.10. The zero-order valence-electron chi connectivity index (χ0n) is 13.2. The second-order valence-electron chi connectivity index (χ2n) is 5.47. The standard InChI is InChI=1S/C17H11FN6O2/c18-9-5-6-10-12(8-15(25)19-14(10)7-9)17(26)20-13-4-2-1-3-11(13)16-21-23-24-22-16/h1-8H,(H,19,25)(H,20,26)(H,21,22,23,24). The molecule has 0 fully saturated rings. The van der Waals surface area contributed by atoms with Crippen LogP contribution in [0.5, 0.6) is 0 Å². The monoisotopic (exact) mass is 350 g/mol. The Bertz CT molecular complexity index is 1170. The van der Waals surface area contributed by atoms with Crippen molar-refractivity contribution < 1.29 is 9.18 Å². The smallest absolute Gasteiger partial charge is 0.256 e. The van der Waals surface area contributed by atoms with Gasteiger partial charge in [0.1, 0.15) is 5.82 Å². The van der Waals surface area contributed by atoms with E-state index in [0.717, 1.165) is 0 Å². The summed E-state index contributed by atoms with van der Waals surface area (Å²) in [6, 6.07) is 11.9. The Balaban J connectivity index is 1.77. The van der Waals surface area contributed by atoms with Crippen LogP contribution in [0.3, 0.4) is 0 Å². The second-order valence-corrected chi connectivity index (χ2v) is 5.47. The van der Waals surface area contributed by atoms with Crippen LogP contribution >= 0.6 is 0 Å². The fourth-order valence-electron chi connectivity index (χ4n) is 2.67. The van der Waals surface area contributed by atoms with Gasteiger partial charge in [0.25, 0.3) is 5.91 Å². The number of anilines is 1. The maximum atomic E-state index is 13.4. The molecule has 2 aromatic heterocycles. The van der Waals surface area contributed by atoms with Gasteiger partial charge in [-0.3, -0.25) is 9.59 Å². The highest BCUT2D eigenvalue weighted by Crippen LogP contribution is 2.25. The highest BCUT2D eigenvalue weighted by atomic mass is 19.1. The van der Waals surface area contributed by atoms with E-state index >= 15 is 0 Å². The number of nitrogens with zero attached hydrogens (tertiary/aromatic N) is 3. The fraction of sp³-hybridized carbons (Fsp3) is 0. The van der Waals surface area contributed by atoms with Gasteiger partial charge in [0.15, 0.2) is 0 Å². The Hall–Kier alpha value is -3.88. The van der Waals surface area contributed by atoms with Gasteiger partial charge in [-0.15, -0.1) is 10.2 Å². The average molecular weight is 350 g/mol. The Morgan fingerprint density at radius 3 is 2.77 bits per heavy atom. The average Bonchev–Trinajstić information content (AvgIpc) is 3.15. The van der Waals surface area contributed by atoms with E-state index in [4.69, 9.17) is 0 Å². The lowest BCUT2D eigenvalue weighted by atomic mass is 10.1. The number of tetrazole rings is 1. The number of aromatic nitrogens is 5. The number of amides is 1. The van der Waals surface area contributed by atoms with Crippen LogP contribution in [0, 0.1) is 5.82 Å². The molecule has 0 radical (unpaired) electrons. The van der Waals surface area contributed by atoms with E-state index < -0.39 is 17.3 Å². The van der Waals surface area contributed by atoms with Crippen molar-refractivity contribution in [3.8, 4) is 11.4 Å². The number of rotatable bonds is 3. The third-order valence-corrected chi connectivity index (χ3v) is 3.81. The molecule has 0 aliphatic heterocycles. The lowest BCUT2D eigenvalue weighted by molar-refractivity contribution is 0.102. The summed E-state index contributed by atoms with van der Waals surface area (Å²) in [7, 11) is 0. The van der Waals surface area contributed by atoms with Crippen molar-refractivity contribution in [1.29, 1.82) is 0 Å². The van der Waals surface area contributed by atoms with E-state index in [9.17, 15) is 14.0 Å². The molecule has 0 aliphatic rings. The van der Waals surface area contributed by atoms with Crippen molar-refractivity contribution >= 4 is 22.5 Å².